The van der Waals surface area contributed by atoms with Crippen LogP contribution in [0.25, 0.3) is 0 Å². The summed E-state index contributed by atoms with van der Waals surface area (Å²) in [5.74, 6) is 0.289. The molecule has 1 aromatic heterocycles. The SMILES string of the molecule is O=C(NCCN1CCN(C(c2ccc(F)cc2)c2ccc(F)cc2)CC1)[C@]1(c2cccnc2)NCCS1. The maximum absolute atomic E-state index is 13.6. The largest absolute Gasteiger partial charge is 0.352 e. The van der Waals surface area contributed by atoms with Gasteiger partial charge in [0.1, 0.15) is 11.6 Å². The van der Waals surface area contributed by atoms with E-state index in [4.69, 9.17) is 0 Å². The van der Waals surface area contributed by atoms with Gasteiger partial charge in [-0.1, -0.05) is 30.3 Å². The molecular formula is C28H31F2N5OS. The van der Waals surface area contributed by atoms with Gasteiger partial charge in [0.05, 0.1) is 6.04 Å². The molecule has 2 aliphatic heterocycles. The molecule has 37 heavy (non-hydrogen) atoms. The Labute approximate surface area is 220 Å². The van der Waals surface area contributed by atoms with Crippen molar-refractivity contribution in [1.29, 1.82) is 0 Å². The lowest BCUT2D eigenvalue weighted by atomic mass is 9.96. The molecule has 2 N–H and O–H groups in total. The molecule has 3 aromatic rings. The van der Waals surface area contributed by atoms with Gasteiger partial charge < -0.3 is 5.32 Å². The zero-order valence-corrected chi connectivity index (χ0v) is 21.4. The summed E-state index contributed by atoms with van der Waals surface area (Å²) in [5.41, 5.74) is 2.84. The number of halogens is 2. The molecule has 1 atom stereocenters. The van der Waals surface area contributed by atoms with Gasteiger partial charge in [-0.3, -0.25) is 24.9 Å². The first-order chi connectivity index (χ1) is 18.0. The van der Waals surface area contributed by atoms with E-state index >= 15 is 0 Å². The summed E-state index contributed by atoms with van der Waals surface area (Å²) < 4.78 is 27.2. The van der Waals surface area contributed by atoms with Crippen LogP contribution in [0.2, 0.25) is 0 Å². The smallest absolute Gasteiger partial charge is 0.255 e. The van der Waals surface area contributed by atoms with Crippen LogP contribution in [-0.4, -0.2) is 72.3 Å². The molecule has 6 nitrogen and oxygen atoms in total. The molecule has 0 radical (unpaired) electrons. The molecule has 5 rings (SSSR count). The van der Waals surface area contributed by atoms with Crippen molar-refractivity contribution in [3.05, 3.63) is 101 Å². The van der Waals surface area contributed by atoms with E-state index in [-0.39, 0.29) is 23.6 Å². The highest BCUT2D eigenvalue weighted by atomic mass is 32.2. The lowest BCUT2D eigenvalue weighted by molar-refractivity contribution is -0.124. The highest BCUT2D eigenvalue weighted by Gasteiger charge is 2.43. The fourth-order valence-corrected chi connectivity index (χ4v) is 6.32. The minimum Gasteiger partial charge on any atom is -0.352 e. The number of hydrogen-bond acceptors (Lipinski definition) is 6. The van der Waals surface area contributed by atoms with Gasteiger partial charge in [0.2, 0.25) is 0 Å². The third-order valence-corrected chi connectivity index (χ3v) is 8.45. The fraction of sp³-hybridized carbons (Fsp3) is 0.357. The molecule has 0 unspecified atom stereocenters. The highest BCUT2D eigenvalue weighted by Crippen LogP contribution is 2.37. The molecule has 0 spiro atoms. The number of carbonyl (C=O) groups is 1. The first-order valence-corrected chi connectivity index (χ1v) is 13.6. The van der Waals surface area contributed by atoms with E-state index in [9.17, 15) is 13.6 Å². The van der Waals surface area contributed by atoms with E-state index in [1.54, 1.807) is 48.4 Å². The Morgan fingerprint density at radius 2 is 1.65 bits per heavy atom. The van der Waals surface area contributed by atoms with Gasteiger partial charge in [0.15, 0.2) is 4.87 Å². The molecule has 194 valence electrons. The second-order valence-electron chi connectivity index (χ2n) is 9.34. The summed E-state index contributed by atoms with van der Waals surface area (Å²) >= 11 is 1.61. The second kappa shape index (κ2) is 11.7. The average Bonchev–Trinajstić information content (AvgIpc) is 3.44. The Kier molecular flexibility index (Phi) is 8.14. The van der Waals surface area contributed by atoms with Gasteiger partial charge >= 0.3 is 0 Å². The van der Waals surface area contributed by atoms with Gasteiger partial charge in [0, 0.05) is 69.5 Å². The van der Waals surface area contributed by atoms with Crippen molar-refractivity contribution >= 4 is 17.7 Å². The summed E-state index contributed by atoms with van der Waals surface area (Å²) in [4.78, 5) is 21.3. The molecular weight excluding hydrogens is 492 g/mol. The fourth-order valence-electron chi connectivity index (χ4n) is 5.12. The zero-order valence-electron chi connectivity index (χ0n) is 20.6. The Hall–Kier alpha value is -2.85. The molecule has 2 aromatic carbocycles. The molecule has 0 saturated carbocycles. The van der Waals surface area contributed by atoms with Crippen molar-refractivity contribution in [2.24, 2.45) is 0 Å². The molecule has 9 heteroatoms. The number of aromatic nitrogens is 1. The van der Waals surface area contributed by atoms with Gasteiger partial charge in [-0.15, -0.1) is 11.8 Å². The third-order valence-electron chi connectivity index (χ3n) is 7.04. The predicted octanol–water partition coefficient (Wildman–Crippen LogP) is 3.37. The Bertz CT molecular complexity index is 1120. The minimum absolute atomic E-state index is 0.0330. The summed E-state index contributed by atoms with van der Waals surface area (Å²) in [6.07, 6.45) is 3.47. The van der Waals surface area contributed by atoms with E-state index in [1.165, 1.54) is 24.3 Å². The van der Waals surface area contributed by atoms with Crippen LogP contribution in [0.1, 0.15) is 22.7 Å². The number of thioether (sulfide) groups is 1. The van der Waals surface area contributed by atoms with Crippen LogP contribution in [0, 0.1) is 11.6 Å². The number of benzene rings is 2. The summed E-state index contributed by atoms with van der Waals surface area (Å²) in [6, 6.07) is 16.8. The van der Waals surface area contributed by atoms with Crippen molar-refractivity contribution < 1.29 is 13.6 Å². The van der Waals surface area contributed by atoms with Crippen molar-refractivity contribution in [3.63, 3.8) is 0 Å². The van der Waals surface area contributed by atoms with E-state index in [0.717, 1.165) is 61.7 Å². The molecule has 2 fully saturated rings. The van der Waals surface area contributed by atoms with Crippen LogP contribution in [-0.2, 0) is 9.67 Å². The number of pyridine rings is 1. The number of nitrogens with one attached hydrogen (secondary N) is 2. The van der Waals surface area contributed by atoms with Crippen LogP contribution in [0.5, 0.6) is 0 Å². The topological polar surface area (TPSA) is 60.5 Å². The summed E-state index contributed by atoms with van der Waals surface area (Å²) in [6.45, 7) is 5.39. The number of amides is 1. The van der Waals surface area contributed by atoms with E-state index < -0.39 is 4.87 Å². The van der Waals surface area contributed by atoms with Crippen LogP contribution in [0.15, 0.2) is 73.1 Å². The van der Waals surface area contributed by atoms with Crippen molar-refractivity contribution in [3.8, 4) is 0 Å². The molecule has 0 aliphatic carbocycles. The Balaban J connectivity index is 1.18. The molecule has 0 bridgehead atoms. The third kappa shape index (κ3) is 5.85. The molecule has 2 saturated heterocycles. The van der Waals surface area contributed by atoms with Crippen molar-refractivity contribution in [2.75, 3.05) is 51.6 Å². The monoisotopic (exact) mass is 523 g/mol. The van der Waals surface area contributed by atoms with Gasteiger partial charge in [-0.25, -0.2) is 8.78 Å². The van der Waals surface area contributed by atoms with Crippen molar-refractivity contribution in [1.82, 2.24) is 25.4 Å². The number of nitrogens with zero attached hydrogens (tertiary/aromatic N) is 3. The van der Waals surface area contributed by atoms with Crippen molar-refractivity contribution in [2.45, 2.75) is 10.9 Å². The van der Waals surface area contributed by atoms with E-state index in [2.05, 4.69) is 25.4 Å². The maximum Gasteiger partial charge on any atom is 0.255 e. The first kappa shape index (κ1) is 25.8. The van der Waals surface area contributed by atoms with E-state index in [1.807, 2.05) is 12.1 Å². The summed E-state index contributed by atoms with van der Waals surface area (Å²) in [5, 5.41) is 6.51. The highest BCUT2D eigenvalue weighted by molar-refractivity contribution is 8.01. The van der Waals surface area contributed by atoms with Gasteiger partial charge in [-0.2, -0.15) is 0 Å². The second-order valence-corrected chi connectivity index (χ2v) is 10.6. The van der Waals surface area contributed by atoms with Gasteiger partial charge in [0.25, 0.3) is 5.91 Å². The van der Waals surface area contributed by atoms with Crippen LogP contribution >= 0.6 is 11.8 Å². The number of carbonyl (C=O) groups excluding carboxylic acids is 1. The van der Waals surface area contributed by atoms with E-state index in [0.29, 0.717) is 6.54 Å². The first-order valence-electron chi connectivity index (χ1n) is 12.6. The lowest BCUT2D eigenvalue weighted by Gasteiger charge is -2.40. The molecule has 1 amide bonds. The van der Waals surface area contributed by atoms with Crippen LogP contribution in [0.3, 0.4) is 0 Å². The zero-order chi connectivity index (χ0) is 25.7. The van der Waals surface area contributed by atoms with Gasteiger partial charge in [-0.05, 0) is 41.5 Å². The quantitative estimate of drug-likeness (QED) is 0.472. The Morgan fingerprint density at radius 3 is 2.19 bits per heavy atom. The molecule has 3 heterocycles. The minimum atomic E-state index is -0.787. The van der Waals surface area contributed by atoms with Crippen LogP contribution < -0.4 is 10.6 Å². The predicted molar refractivity (Wildman–Crippen MR) is 142 cm³/mol. The standard InChI is InChI=1S/C28H31F2N5OS/c29-24-7-3-21(4-8-24)26(22-5-9-25(30)10-6-22)35-17-15-34(16-18-35)14-12-32-27(36)28(33-13-19-37-28)23-2-1-11-31-20-23/h1-11,20,26,33H,12-19H2,(H,32,36)/t28-/m1/s1. The average molecular weight is 524 g/mol. The number of hydrogen-bond donors (Lipinski definition) is 2. The number of rotatable bonds is 8. The maximum atomic E-state index is 13.6. The normalized spacial score (nSPS) is 20.8. The summed E-state index contributed by atoms with van der Waals surface area (Å²) in [7, 11) is 0. The number of piperazine rings is 1. The lowest BCUT2D eigenvalue weighted by Crippen LogP contribution is -2.52. The molecule has 2 aliphatic rings. The Morgan fingerprint density at radius 1 is 1.00 bits per heavy atom. The van der Waals surface area contributed by atoms with Crippen LogP contribution in [0.4, 0.5) is 8.78 Å².